The van der Waals surface area contributed by atoms with Crippen LogP contribution in [0.15, 0.2) is 151 Å². The van der Waals surface area contributed by atoms with Crippen LogP contribution in [0.5, 0.6) is 0 Å². The zero-order valence-corrected chi connectivity index (χ0v) is 21.9. The molecule has 0 spiro atoms. The first kappa shape index (κ1) is 24.7. The molecule has 0 bridgehead atoms. The number of imidazole rings is 1. The van der Waals surface area contributed by atoms with Crippen LogP contribution in [0.2, 0.25) is 5.02 Å². The number of aromatic amines is 1. The van der Waals surface area contributed by atoms with E-state index in [1.165, 1.54) is 0 Å². The number of pyridine rings is 1. The average molecular weight is 528 g/mol. The van der Waals surface area contributed by atoms with E-state index in [1.54, 1.807) is 29.1 Å². The number of benzene rings is 4. The van der Waals surface area contributed by atoms with Gasteiger partial charge in [-0.3, -0.25) is 9.36 Å². The first-order chi connectivity index (χ1) is 19.2. The summed E-state index contributed by atoms with van der Waals surface area (Å²) in [4.78, 5) is 21.6. The van der Waals surface area contributed by atoms with Crippen LogP contribution in [-0.4, -0.2) is 14.5 Å². The van der Waals surface area contributed by atoms with Gasteiger partial charge in [-0.1, -0.05) is 109 Å². The van der Waals surface area contributed by atoms with Gasteiger partial charge < -0.3 is 4.98 Å². The van der Waals surface area contributed by atoms with E-state index in [1.807, 2.05) is 48.8 Å². The molecule has 2 aromatic heterocycles. The number of hydrogen-bond acceptors (Lipinski definition) is 2. The summed E-state index contributed by atoms with van der Waals surface area (Å²) in [6.45, 7) is 0. The van der Waals surface area contributed by atoms with Gasteiger partial charge in [0.15, 0.2) is 0 Å². The van der Waals surface area contributed by atoms with Crippen LogP contribution in [0.3, 0.4) is 0 Å². The Balaban J connectivity index is 1.68. The lowest BCUT2D eigenvalue weighted by Crippen LogP contribution is -2.38. The van der Waals surface area contributed by atoms with Crippen LogP contribution in [-0.2, 0) is 5.41 Å². The van der Waals surface area contributed by atoms with Gasteiger partial charge in [0.1, 0.15) is 0 Å². The molecular weight excluding hydrogens is 502 g/mol. The third-order valence-corrected chi connectivity index (χ3v) is 7.53. The van der Waals surface area contributed by atoms with E-state index in [0.717, 1.165) is 33.6 Å². The van der Waals surface area contributed by atoms with Crippen LogP contribution < -0.4 is 5.56 Å². The summed E-state index contributed by atoms with van der Waals surface area (Å²) in [6.07, 6.45) is 5.45. The van der Waals surface area contributed by atoms with Crippen LogP contribution >= 0.6 is 11.6 Å². The highest BCUT2D eigenvalue weighted by atomic mass is 35.5. The molecule has 6 rings (SSSR count). The summed E-state index contributed by atoms with van der Waals surface area (Å²) in [7, 11) is 0. The minimum Gasteiger partial charge on any atom is -0.351 e. The zero-order valence-electron chi connectivity index (χ0n) is 21.1. The number of hydrogen-bond donors (Lipinski definition) is 1. The van der Waals surface area contributed by atoms with Gasteiger partial charge in [-0.05, 0) is 46.5 Å². The Labute approximate surface area is 232 Å². The number of halogens is 1. The first-order valence-corrected chi connectivity index (χ1v) is 13.2. The molecule has 1 atom stereocenters. The number of nitrogens with zero attached hydrogens (tertiary/aromatic N) is 2. The van der Waals surface area contributed by atoms with Gasteiger partial charge in [0.2, 0.25) is 0 Å². The van der Waals surface area contributed by atoms with Crippen LogP contribution in [0.25, 0.3) is 5.69 Å². The van der Waals surface area contributed by atoms with Crippen LogP contribution in [0, 0.1) is 0 Å². The normalized spacial score (nSPS) is 12.2. The van der Waals surface area contributed by atoms with Crippen molar-refractivity contribution in [3.05, 3.63) is 189 Å². The van der Waals surface area contributed by atoms with E-state index in [0.29, 0.717) is 5.02 Å². The number of rotatable bonds is 7. The molecule has 0 radical (unpaired) electrons. The Morgan fingerprint density at radius 2 is 1.31 bits per heavy atom. The molecule has 0 saturated carbocycles. The summed E-state index contributed by atoms with van der Waals surface area (Å²) in [6, 6.07) is 42.5. The fourth-order valence-corrected chi connectivity index (χ4v) is 5.87. The van der Waals surface area contributed by atoms with E-state index < -0.39 is 5.41 Å². The zero-order chi connectivity index (χ0) is 26.7. The summed E-state index contributed by atoms with van der Waals surface area (Å²) >= 11 is 6.23. The van der Waals surface area contributed by atoms with Crippen LogP contribution in [0.4, 0.5) is 0 Å². The monoisotopic (exact) mass is 527 g/mol. The Kier molecular flexibility index (Phi) is 6.70. The molecular formula is C34H26ClN3O. The van der Waals surface area contributed by atoms with Gasteiger partial charge in [0.05, 0.1) is 23.1 Å². The quantitative estimate of drug-likeness (QED) is 0.220. The molecule has 1 N–H and O–H groups in total. The summed E-state index contributed by atoms with van der Waals surface area (Å²) in [5.41, 5.74) is 4.91. The van der Waals surface area contributed by atoms with Crippen molar-refractivity contribution in [3.8, 4) is 5.69 Å². The minimum atomic E-state index is -0.687. The maximum absolute atomic E-state index is 13.7. The van der Waals surface area contributed by atoms with Crippen molar-refractivity contribution in [2.45, 2.75) is 11.3 Å². The first-order valence-electron chi connectivity index (χ1n) is 12.8. The second kappa shape index (κ2) is 10.6. The molecule has 6 aromatic rings. The van der Waals surface area contributed by atoms with Gasteiger partial charge in [-0.25, -0.2) is 4.98 Å². The fraction of sp³-hybridized carbons (Fsp3) is 0.0588. The maximum Gasteiger partial charge on any atom is 0.255 e. The van der Waals surface area contributed by atoms with Crippen molar-refractivity contribution in [3.63, 3.8) is 0 Å². The largest absolute Gasteiger partial charge is 0.351 e. The van der Waals surface area contributed by atoms with Crippen molar-refractivity contribution in [1.29, 1.82) is 0 Å². The third kappa shape index (κ3) is 4.49. The molecule has 1 unspecified atom stereocenters. The molecule has 0 amide bonds. The molecule has 0 aliphatic carbocycles. The van der Waals surface area contributed by atoms with E-state index in [2.05, 4.69) is 77.8 Å². The van der Waals surface area contributed by atoms with Crippen molar-refractivity contribution in [1.82, 2.24) is 14.5 Å². The second-order valence-corrected chi connectivity index (χ2v) is 9.92. The smallest absolute Gasteiger partial charge is 0.255 e. The average Bonchev–Trinajstić information content (AvgIpc) is 3.51. The number of nitrogens with one attached hydrogen (secondary N) is 1. The Hall–Kier alpha value is -4.67. The molecule has 0 saturated heterocycles. The van der Waals surface area contributed by atoms with Gasteiger partial charge >= 0.3 is 0 Å². The van der Waals surface area contributed by atoms with Crippen molar-refractivity contribution >= 4 is 11.6 Å². The Morgan fingerprint density at radius 1 is 0.718 bits per heavy atom. The molecule has 0 aliphatic rings. The molecule has 190 valence electrons. The summed E-state index contributed by atoms with van der Waals surface area (Å²) < 4.78 is 1.62. The third-order valence-electron chi connectivity index (χ3n) is 7.30. The standard InChI is InChI=1S/C34H26ClN3O/c35-29-17-10-18-30(22-29)38-20-19-25(21-32(38)39)33(31-23-36-24-37-31)34(26-11-4-1-5-12-26,27-13-6-2-7-14-27)28-15-8-3-9-16-28/h1-24,33H,(H,36,37). The highest BCUT2D eigenvalue weighted by Gasteiger charge is 2.46. The van der Waals surface area contributed by atoms with E-state index in [4.69, 9.17) is 16.6 Å². The maximum atomic E-state index is 13.7. The fourth-order valence-electron chi connectivity index (χ4n) is 5.69. The molecule has 4 nitrogen and oxygen atoms in total. The van der Waals surface area contributed by atoms with Gasteiger partial charge in [0, 0.05) is 29.4 Å². The van der Waals surface area contributed by atoms with Crippen molar-refractivity contribution in [2.75, 3.05) is 0 Å². The predicted molar refractivity (Wildman–Crippen MR) is 157 cm³/mol. The molecule has 4 aromatic carbocycles. The molecule has 0 aliphatic heterocycles. The van der Waals surface area contributed by atoms with Crippen molar-refractivity contribution in [2.24, 2.45) is 0 Å². The summed E-state index contributed by atoms with van der Waals surface area (Å²) in [5, 5.41) is 0.578. The summed E-state index contributed by atoms with van der Waals surface area (Å²) in [5.74, 6) is -0.322. The van der Waals surface area contributed by atoms with Gasteiger partial charge in [-0.15, -0.1) is 0 Å². The van der Waals surface area contributed by atoms with E-state index in [-0.39, 0.29) is 11.5 Å². The van der Waals surface area contributed by atoms with E-state index >= 15 is 0 Å². The number of aromatic nitrogens is 3. The number of H-pyrrole nitrogens is 1. The Bertz CT molecular complexity index is 1630. The lowest BCUT2D eigenvalue weighted by atomic mass is 9.59. The topological polar surface area (TPSA) is 50.7 Å². The SMILES string of the molecule is O=c1cc(C(c2c[nH]cn2)C(c2ccccc2)(c2ccccc2)c2ccccc2)ccn1-c1cccc(Cl)c1. The molecule has 5 heteroatoms. The lowest BCUT2D eigenvalue weighted by molar-refractivity contribution is 0.527. The van der Waals surface area contributed by atoms with Gasteiger partial charge in [-0.2, -0.15) is 0 Å². The predicted octanol–water partition coefficient (Wildman–Crippen LogP) is 7.38. The molecule has 2 heterocycles. The van der Waals surface area contributed by atoms with Crippen molar-refractivity contribution < 1.29 is 0 Å². The van der Waals surface area contributed by atoms with Crippen LogP contribution in [0.1, 0.15) is 33.9 Å². The highest BCUT2D eigenvalue weighted by Crippen LogP contribution is 2.51. The second-order valence-electron chi connectivity index (χ2n) is 9.48. The Morgan fingerprint density at radius 3 is 1.79 bits per heavy atom. The molecule has 0 fully saturated rings. The van der Waals surface area contributed by atoms with E-state index in [9.17, 15) is 4.79 Å². The van der Waals surface area contributed by atoms with Gasteiger partial charge in [0.25, 0.3) is 5.56 Å². The minimum absolute atomic E-state index is 0.140. The lowest BCUT2D eigenvalue weighted by Gasteiger charge is -2.42. The highest BCUT2D eigenvalue weighted by molar-refractivity contribution is 6.30. The molecule has 39 heavy (non-hydrogen) atoms.